The molecule has 0 N–H and O–H groups in total. The Labute approximate surface area is 176 Å². The van der Waals surface area contributed by atoms with Crippen LogP contribution >= 0.6 is 11.6 Å². The van der Waals surface area contributed by atoms with Crippen molar-refractivity contribution in [2.45, 2.75) is 13.1 Å². The van der Waals surface area contributed by atoms with E-state index in [1.807, 2.05) is 4.90 Å². The maximum Gasteiger partial charge on any atom is 0.436 e. The number of rotatable bonds is 7. The molecule has 2 rings (SSSR count). The number of amides is 1. The molecule has 1 aromatic carbocycles. The Bertz CT molecular complexity index is 821. The molecule has 0 atom stereocenters. The molecule has 8 nitrogen and oxygen atoms in total. The lowest BCUT2D eigenvalue weighted by molar-refractivity contribution is -0.384. The number of allylic oxidation sites excluding steroid dienone is 1. The van der Waals surface area contributed by atoms with E-state index in [0.29, 0.717) is 26.2 Å². The number of non-ortho nitro benzene ring substituents is 1. The number of hydrogen-bond acceptors (Lipinski definition) is 6. The Hall–Kier alpha value is -2.82. The summed E-state index contributed by atoms with van der Waals surface area (Å²) < 4.78 is 39.0. The zero-order chi connectivity index (χ0) is 22.5. The summed E-state index contributed by atoms with van der Waals surface area (Å²) in [7, 11) is 0. The second-order valence-corrected chi connectivity index (χ2v) is 6.93. The van der Waals surface area contributed by atoms with Gasteiger partial charge in [-0.05, 0) is 19.1 Å². The SMILES string of the molecule is C=C(Cl)/C(=N\N(CC)CC(=O)N1CCN(c2ccc([N+](=O)[O-])cc2)CC1)C(F)(F)F. The lowest BCUT2D eigenvalue weighted by Gasteiger charge is -2.36. The number of hydrogen-bond donors (Lipinski definition) is 0. The van der Waals surface area contributed by atoms with Gasteiger partial charge in [-0.25, -0.2) is 0 Å². The average Bonchev–Trinajstić information content (AvgIpc) is 2.69. The monoisotopic (exact) mass is 447 g/mol. The highest BCUT2D eigenvalue weighted by molar-refractivity contribution is 6.44. The second kappa shape index (κ2) is 9.79. The normalized spacial score (nSPS) is 15.2. The first kappa shape index (κ1) is 23.5. The number of halogens is 4. The first-order chi connectivity index (χ1) is 14.0. The van der Waals surface area contributed by atoms with Crippen LogP contribution in [0.5, 0.6) is 0 Å². The predicted molar refractivity (Wildman–Crippen MR) is 108 cm³/mol. The van der Waals surface area contributed by atoms with Gasteiger partial charge in [0.15, 0.2) is 5.71 Å². The van der Waals surface area contributed by atoms with Crippen molar-refractivity contribution in [1.29, 1.82) is 0 Å². The van der Waals surface area contributed by atoms with Crippen molar-refractivity contribution in [1.82, 2.24) is 9.91 Å². The Morgan fingerprint density at radius 1 is 1.27 bits per heavy atom. The molecular weight excluding hydrogens is 427 g/mol. The van der Waals surface area contributed by atoms with Gasteiger partial charge in [0, 0.05) is 50.5 Å². The molecule has 1 aromatic rings. The van der Waals surface area contributed by atoms with Gasteiger partial charge in [0.1, 0.15) is 6.54 Å². The molecule has 0 aromatic heterocycles. The number of nitro groups is 1. The third-order valence-electron chi connectivity index (χ3n) is 4.51. The smallest absolute Gasteiger partial charge is 0.368 e. The molecule has 30 heavy (non-hydrogen) atoms. The summed E-state index contributed by atoms with van der Waals surface area (Å²) in [6, 6.07) is 6.10. The van der Waals surface area contributed by atoms with Crippen LogP contribution in [0.2, 0.25) is 0 Å². The van der Waals surface area contributed by atoms with Crippen LogP contribution in [0.3, 0.4) is 0 Å². The van der Waals surface area contributed by atoms with Gasteiger partial charge in [-0.1, -0.05) is 18.2 Å². The van der Waals surface area contributed by atoms with Gasteiger partial charge in [-0.2, -0.15) is 18.3 Å². The molecule has 12 heteroatoms. The third kappa shape index (κ3) is 6.09. The van der Waals surface area contributed by atoms with Crippen LogP contribution in [-0.2, 0) is 4.79 Å². The van der Waals surface area contributed by atoms with E-state index in [0.717, 1.165) is 10.7 Å². The standard InChI is InChI=1S/C18H21ClF3N5O3/c1-3-26(23-17(13(2)19)18(20,21)22)12-16(28)25-10-8-24(9-11-25)14-4-6-15(7-5-14)27(29)30/h4-7H,2-3,8-12H2,1H3/b23-17+. The van der Waals surface area contributed by atoms with Crippen molar-refractivity contribution in [3.63, 3.8) is 0 Å². The zero-order valence-electron chi connectivity index (χ0n) is 16.2. The highest BCUT2D eigenvalue weighted by Gasteiger charge is 2.38. The van der Waals surface area contributed by atoms with Crippen LogP contribution in [0.15, 0.2) is 41.0 Å². The lowest BCUT2D eigenvalue weighted by Crippen LogP contribution is -2.51. The topological polar surface area (TPSA) is 82.3 Å². The number of anilines is 1. The van der Waals surface area contributed by atoms with Crippen LogP contribution in [0.1, 0.15) is 6.92 Å². The van der Waals surface area contributed by atoms with Gasteiger partial charge in [-0.15, -0.1) is 0 Å². The molecule has 1 heterocycles. The third-order valence-corrected chi connectivity index (χ3v) is 4.69. The Balaban J connectivity index is 1.97. The van der Waals surface area contributed by atoms with Gasteiger partial charge < -0.3 is 9.80 Å². The van der Waals surface area contributed by atoms with Crippen LogP contribution in [-0.4, -0.2) is 71.9 Å². The van der Waals surface area contributed by atoms with Crippen LogP contribution < -0.4 is 4.90 Å². The Morgan fingerprint density at radius 3 is 2.27 bits per heavy atom. The van der Waals surface area contributed by atoms with Gasteiger partial charge in [0.25, 0.3) is 5.69 Å². The number of carbonyl (C=O) groups is 1. The molecule has 0 spiro atoms. The van der Waals surface area contributed by atoms with E-state index >= 15 is 0 Å². The highest BCUT2D eigenvalue weighted by atomic mass is 35.5. The summed E-state index contributed by atoms with van der Waals surface area (Å²) in [4.78, 5) is 26.3. The molecule has 0 unspecified atom stereocenters. The van der Waals surface area contributed by atoms with Crippen molar-refractivity contribution < 1.29 is 22.9 Å². The zero-order valence-corrected chi connectivity index (χ0v) is 17.0. The molecule has 0 aliphatic carbocycles. The van der Waals surface area contributed by atoms with Crippen LogP contribution in [0, 0.1) is 10.1 Å². The number of likely N-dealkylation sites (N-methyl/N-ethyl adjacent to an activating group) is 1. The molecule has 1 amide bonds. The summed E-state index contributed by atoms with van der Waals surface area (Å²) in [5.41, 5.74) is -0.546. The van der Waals surface area contributed by atoms with E-state index in [2.05, 4.69) is 11.7 Å². The van der Waals surface area contributed by atoms with E-state index < -0.39 is 21.8 Å². The van der Waals surface area contributed by atoms with Crippen molar-refractivity contribution in [3.8, 4) is 0 Å². The van der Waals surface area contributed by atoms with Crippen molar-refractivity contribution >= 4 is 34.6 Å². The molecule has 0 bridgehead atoms. The maximum absolute atomic E-state index is 13.0. The summed E-state index contributed by atoms with van der Waals surface area (Å²) in [6.07, 6.45) is -4.77. The van der Waals surface area contributed by atoms with E-state index in [4.69, 9.17) is 11.6 Å². The molecule has 1 aliphatic rings. The lowest BCUT2D eigenvalue weighted by atomic mass is 10.2. The molecule has 0 radical (unpaired) electrons. The number of alkyl halides is 3. The summed E-state index contributed by atoms with van der Waals surface area (Å²) in [5, 5.41) is 14.5. The fourth-order valence-corrected chi connectivity index (χ4v) is 3.02. The minimum atomic E-state index is -4.77. The Morgan fingerprint density at radius 2 is 1.83 bits per heavy atom. The minimum Gasteiger partial charge on any atom is -0.368 e. The van der Waals surface area contributed by atoms with E-state index in [1.165, 1.54) is 12.1 Å². The first-order valence-corrected chi connectivity index (χ1v) is 9.43. The Kier molecular flexibility index (Phi) is 7.65. The van der Waals surface area contributed by atoms with Gasteiger partial charge in [-0.3, -0.25) is 19.9 Å². The van der Waals surface area contributed by atoms with Gasteiger partial charge >= 0.3 is 6.18 Å². The summed E-state index contributed by atoms with van der Waals surface area (Å²) in [5.74, 6) is -0.356. The molecule has 1 aliphatic heterocycles. The number of nitro benzene ring substituents is 1. The quantitative estimate of drug-likeness (QED) is 0.364. The number of carbonyl (C=O) groups excluding carboxylic acids is 1. The molecular formula is C18H21ClF3N5O3. The van der Waals surface area contributed by atoms with Gasteiger partial charge in [0.2, 0.25) is 5.91 Å². The molecule has 0 saturated carbocycles. The van der Waals surface area contributed by atoms with Gasteiger partial charge in [0.05, 0.1) is 9.96 Å². The van der Waals surface area contributed by atoms with Crippen LogP contribution in [0.25, 0.3) is 0 Å². The van der Waals surface area contributed by atoms with E-state index in [-0.39, 0.29) is 24.7 Å². The minimum absolute atomic E-state index is 0.00868. The first-order valence-electron chi connectivity index (χ1n) is 9.05. The molecule has 1 saturated heterocycles. The maximum atomic E-state index is 13.0. The summed E-state index contributed by atoms with van der Waals surface area (Å²) in [6.45, 7) is 6.13. The highest BCUT2D eigenvalue weighted by Crippen LogP contribution is 2.24. The van der Waals surface area contributed by atoms with E-state index in [1.54, 1.807) is 24.0 Å². The number of nitrogens with zero attached hydrogens (tertiary/aromatic N) is 5. The fourth-order valence-electron chi connectivity index (χ4n) is 2.88. The predicted octanol–water partition coefficient (Wildman–Crippen LogP) is 3.24. The number of benzene rings is 1. The van der Waals surface area contributed by atoms with E-state index in [9.17, 15) is 28.1 Å². The number of hydrazone groups is 1. The van der Waals surface area contributed by atoms with Crippen molar-refractivity contribution in [2.75, 3.05) is 44.2 Å². The van der Waals surface area contributed by atoms with Crippen molar-refractivity contribution in [3.05, 3.63) is 46.0 Å². The second-order valence-electron chi connectivity index (χ2n) is 6.47. The average molecular weight is 448 g/mol. The summed E-state index contributed by atoms with van der Waals surface area (Å²) >= 11 is 5.41. The fraction of sp³-hybridized carbons (Fsp3) is 0.444. The van der Waals surface area contributed by atoms with Crippen LogP contribution in [0.4, 0.5) is 24.5 Å². The van der Waals surface area contributed by atoms with Crippen molar-refractivity contribution in [2.24, 2.45) is 5.10 Å². The number of piperazine rings is 1. The molecule has 1 fully saturated rings. The molecule has 164 valence electrons. The largest absolute Gasteiger partial charge is 0.436 e.